The Kier molecular flexibility index (Phi) is 5.26. The molecule has 0 aromatic carbocycles. The molecule has 0 atom stereocenters. The lowest BCUT2D eigenvalue weighted by molar-refractivity contribution is -0.137. The topological polar surface area (TPSA) is 71.3 Å². The molecular weight excluding hydrogens is 220 g/mol. The second-order valence-corrected chi connectivity index (χ2v) is 3.96. The summed E-state index contributed by atoms with van der Waals surface area (Å²) in [4.78, 5) is 21.6. The molecule has 0 spiro atoms. The molecule has 0 aliphatic carbocycles. The fourth-order valence-electron chi connectivity index (χ4n) is 1.57. The number of aryl methyl sites for hydroxylation is 1. The van der Waals surface area contributed by atoms with Gasteiger partial charge in [0.05, 0.1) is 0 Å². The molecule has 1 amide bonds. The first kappa shape index (κ1) is 13.3. The molecule has 5 nitrogen and oxygen atoms in total. The minimum Gasteiger partial charge on any atom is -0.481 e. The molecule has 94 valence electrons. The monoisotopic (exact) mass is 238 g/mol. The Labute approximate surface area is 100 Å². The van der Waals surface area contributed by atoms with Crippen LogP contribution in [0.25, 0.3) is 0 Å². The van der Waals surface area contributed by atoms with Gasteiger partial charge in [-0.2, -0.15) is 0 Å². The van der Waals surface area contributed by atoms with Gasteiger partial charge in [0.1, 0.15) is 0 Å². The van der Waals surface area contributed by atoms with E-state index in [9.17, 15) is 9.59 Å². The molecule has 0 bridgehead atoms. The molecule has 0 aliphatic heterocycles. The first-order chi connectivity index (χ1) is 8.09. The lowest BCUT2D eigenvalue weighted by Crippen LogP contribution is -2.25. The van der Waals surface area contributed by atoms with Crippen LogP contribution in [-0.2, 0) is 23.1 Å². The molecule has 0 radical (unpaired) electrons. The van der Waals surface area contributed by atoms with E-state index < -0.39 is 5.97 Å². The predicted octanol–water partition coefficient (Wildman–Crippen LogP) is 0.939. The highest BCUT2D eigenvalue weighted by Gasteiger charge is 2.04. The Hall–Kier alpha value is -1.78. The van der Waals surface area contributed by atoms with Crippen LogP contribution in [0.5, 0.6) is 0 Å². The number of carbonyl (C=O) groups excluding carboxylic acids is 1. The van der Waals surface area contributed by atoms with Gasteiger partial charge in [-0.25, -0.2) is 0 Å². The maximum atomic E-state index is 11.3. The minimum absolute atomic E-state index is 0.0469. The smallest absolute Gasteiger partial charge is 0.303 e. The van der Waals surface area contributed by atoms with Crippen LogP contribution in [0.3, 0.4) is 0 Å². The zero-order valence-corrected chi connectivity index (χ0v) is 9.98. The largest absolute Gasteiger partial charge is 0.481 e. The summed E-state index contributed by atoms with van der Waals surface area (Å²) >= 11 is 0. The Morgan fingerprint density at radius 2 is 2.18 bits per heavy atom. The Balaban J connectivity index is 2.12. The first-order valence-electron chi connectivity index (χ1n) is 5.68. The van der Waals surface area contributed by atoms with Gasteiger partial charge < -0.3 is 15.0 Å². The van der Waals surface area contributed by atoms with Crippen LogP contribution < -0.4 is 5.32 Å². The lowest BCUT2D eigenvalue weighted by atomic mass is 10.2. The predicted molar refractivity (Wildman–Crippen MR) is 63.6 cm³/mol. The fraction of sp³-hybridized carbons (Fsp3) is 0.500. The zero-order chi connectivity index (χ0) is 12.7. The Morgan fingerprint density at radius 3 is 2.76 bits per heavy atom. The highest BCUT2D eigenvalue weighted by molar-refractivity contribution is 5.76. The normalized spacial score (nSPS) is 10.2. The van der Waals surface area contributed by atoms with Gasteiger partial charge in [-0.05, 0) is 18.6 Å². The van der Waals surface area contributed by atoms with Gasteiger partial charge in [0.15, 0.2) is 0 Å². The summed E-state index contributed by atoms with van der Waals surface area (Å²) in [6.45, 7) is 0.587. The maximum absolute atomic E-state index is 11.3. The lowest BCUT2D eigenvalue weighted by Gasteiger charge is -2.05. The van der Waals surface area contributed by atoms with Gasteiger partial charge in [-0.3, -0.25) is 9.59 Å². The molecule has 1 aromatic heterocycles. The first-order valence-corrected chi connectivity index (χ1v) is 5.68. The number of hydrogen-bond donors (Lipinski definition) is 2. The molecule has 0 saturated heterocycles. The SMILES string of the molecule is Cn1cccc1CCNC(=O)CCCC(=O)O. The number of amides is 1. The van der Waals surface area contributed by atoms with Crippen LogP contribution in [0.2, 0.25) is 0 Å². The van der Waals surface area contributed by atoms with E-state index in [-0.39, 0.29) is 18.7 Å². The van der Waals surface area contributed by atoms with Crippen molar-refractivity contribution in [3.63, 3.8) is 0 Å². The molecule has 17 heavy (non-hydrogen) atoms. The van der Waals surface area contributed by atoms with E-state index in [0.717, 1.165) is 12.1 Å². The van der Waals surface area contributed by atoms with Crippen molar-refractivity contribution in [2.45, 2.75) is 25.7 Å². The van der Waals surface area contributed by atoms with Crippen LogP contribution in [0.15, 0.2) is 18.3 Å². The second kappa shape index (κ2) is 6.73. The molecule has 1 aromatic rings. The molecule has 0 fully saturated rings. The van der Waals surface area contributed by atoms with Crippen LogP contribution in [0, 0.1) is 0 Å². The van der Waals surface area contributed by atoms with Gasteiger partial charge in [0.25, 0.3) is 0 Å². The van der Waals surface area contributed by atoms with Gasteiger partial charge in [0.2, 0.25) is 5.91 Å². The third-order valence-electron chi connectivity index (χ3n) is 2.55. The number of rotatable bonds is 7. The van der Waals surface area contributed by atoms with Crippen LogP contribution in [0.1, 0.15) is 25.0 Å². The maximum Gasteiger partial charge on any atom is 0.303 e. The summed E-state index contributed by atoms with van der Waals surface area (Å²) in [5.41, 5.74) is 1.16. The number of nitrogens with zero attached hydrogens (tertiary/aromatic N) is 1. The molecule has 1 heterocycles. The number of carboxylic acid groups (broad SMARTS) is 1. The van der Waals surface area contributed by atoms with Gasteiger partial charge in [-0.15, -0.1) is 0 Å². The third kappa shape index (κ3) is 5.19. The van der Waals surface area contributed by atoms with Crippen LogP contribution in [-0.4, -0.2) is 28.1 Å². The van der Waals surface area contributed by atoms with Crippen molar-refractivity contribution in [3.05, 3.63) is 24.0 Å². The number of aliphatic carboxylic acids is 1. The molecule has 0 saturated carbocycles. The van der Waals surface area contributed by atoms with Crippen LogP contribution in [0.4, 0.5) is 0 Å². The summed E-state index contributed by atoms with van der Waals surface area (Å²) in [5, 5.41) is 11.2. The summed E-state index contributed by atoms with van der Waals surface area (Å²) in [6.07, 6.45) is 3.47. The quantitative estimate of drug-likeness (QED) is 0.742. The Bertz CT molecular complexity index is 385. The number of nitrogens with one attached hydrogen (secondary N) is 1. The van der Waals surface area contributed by atoms with Crippen molar-refractivity contribution >= 4 is 11.9 Å². The van der Waals surface area contributed by atoms with Gasteiger partial charge in [0, 0.05) is 44.7 Å². The van der Waals surface area contributed by atoms with E-state index in [0.29, 0.717) is 13.0 Å². The zero-order valence-electron chi connectivity index (χ0n) is 9.98. The van der Waals surface area contributed by atoms with E-state index in [1.807, 2.05) is 29.9 Å². The Morgan fingerprint density at radius 1 is 1.41 bits per heavy atom. The molecule has 1 rings (SSSR count). The summed E-state index contributed by atoms with van der Waals surface area (Å²) in [7, 11) is 1.96. The van der Waals surface area contributed by atoms with Crippen molar-refractivity contribution in [1.82, 2.24) is 9.88 Å². The summed E-state index contributed by atoms with van der Waals surface area (Å²) in [5.74, 6) is -0.943. The average molecular weight is 238 g/mol. The van der Waals surface area contributed by atoms with Crippen molar-refractivity contribution in [2.24, 2.45) is 7.05 Å². The number of aromatic nitrogens is 1. The van der Waals surface area contributed by atoms with Crippen molar-refractivity contribution < 1.29 is 14.7 Å². The standard InChI is InChI=1S/C12H18N2O3/c1-14-9-3-4-10(14)7-8-13-11(15)5-2-6-12(16)17/h3-4,9H,2,5-8H2,1H3,(H,13,15)(H,16,17). The number of carbonyl (C=O) groups is 2. The summed E-state index contributed by atoms with van der Waals surface area (Å²) in [6, 6.07) is 3.97. The van der Waals surface area contributed by atoms with Crippen molar-refractivity contribution in [1.29, 1.82) is 0 Å². The molecule has 0 unspecified atom stereocenters. The highest BCUT2D eigenvalue weighted by Crippen LogP contribution is 2.00. The van der Waals surface area contributed by atoms with Crippen LogP contribution >= 0.6 is 0 Å². The van der Waals surface area contributed by atoms with E-state index in [1.54, 1.807) is 0 Å². The van der Waals surface area contributed by atoms with Gasteiger partial charge >= 0.3 is 5.97 Å². The molecule has 0 aliphatic rings. The molecule has 5 heteroatoms. The highest BCUT2D eigenvalue weighted by atomic mass is 16.4. The van der Waals surface area contributed by atoms with E-state index in [2.05, 4.69) is 5.32 Å². The van der Waals surface area contributed by atoms with Crippen molar-refractivity contribution in [3.8, 4) is 0 Å². The summed E-state index contributed by atoms with van der Waals surface area (Å²) < 4.78 is 2.01. The molecular formula is C12H18N2O3. The second-order valence-electron chi connectivity index (χ2n) is 3.96. The van der Waals surface area contributed by atoms with E-state index in [4.69, 9.17) is 5.11 Å². The van der Waals surface area contributed by atoms with Gasteiger partial charge in [-0.1, -0.05) is 0 Å². The number of carboxylic acids is 1. The average Bonchev–Trinajstić information content (AvgIpc) is 2.64. The molecule has 2 N–H and O–H groups in total. The van der Waals surface area contributed by atoms with E-state index >= 15 is 0 Å². The number of hydrogen-bond acceptors (Lipinski definition) is 2. The fourth-order valence-corrected chi connectivity index (χ4v) is 1.57. The van der Waals surface area contributed by atoms with E-state index in [1.165, 1.54) is 0 Å². The van der Waals surface area contributed by atoms with Crippen molar-refractivity contribution in [2.75, 3.05) is 6.54 Å². The third-order valence-corrected chi connectivity index (χ3v) is 2.55. The minimum atomic E-state index is -0.860.